The highest BCUT2D eigenvalue weighted by Gasteiger charge is 2.08. The van der Waals surface area contributed by atoms with Gasteiger partial charge in [-0.15, -0.1) is 0 Å². The highest BCUT2D eigenvalue weighted by Crippen LogP contribution is 2.20. The molecule has 0 amide bonds. The minimum Gasteiger partial charge on any atom is -0.302 e. The molecular formula is C8H8BrNO. The summed E-state index contributed by atoms with van der Waals surface area (Å²) in [5.41, 5.74) is 1.82. The molecule has 0 aliphatic carbocycles. The number of nitrogens with zero attached hydrogens (tertiary/aromatic N) is 1. The Hall–Kier alpha value is -0.700. The second-order valence-electron chi connectivity index (χ2n) is 2.24. The summed E-state index contributed by atoms with van der Waals surface area (Å²) in [7, 11) is 0. The summed E-state index contributed by atoms with van der Waals surface area (Å²) in [6, 6.07) is 3.78. The number of carbonyl (C=O) groups excluding carboxylic acids is 1. The van der Waals surface area contributed by atoms with Gasteiger partial charge >= 0.3 is 0 Å². The van der Waals surface area contributed by atoms with Crippen molar-refractivity contribution in [3.8, 4) is 0 Å². The zero-order valence-electron chi connectivity index (χ0n) is 6.12. The number of carbonyl (C=O) groups is 1. The van der Waals surface area contributed by atoms with Gasteiger partial charge < -0.3 is 4.79 Å². The van der Waals surface area contributed by atoms with Gasteiger partial charge in [-0.3, -0.25) is 4.98 Å². The van der Waals surface area contributed by atoms with Crippen LogP contribution >= 0.6 is 15.9 Å². The summed E-state index contributed by atoms with van der Waals surface area (Å²) in [4.78, 5) is 14.2. The van der Waals surface area contributed by atoms with Crippen molar-refractivity contribution < 1.29 is 4.79 Å². The van der Waals surface area contributed by atoms with E-state index in [1.807, 2.05) is 19.1 Å². The Morgan fingerprint density at radius 3 is 3.00 bits per heavy atom. The monoisotopic (exact) mass is 213 g/mol. The number of aromatic nitrogens is 1. The van der Waals surface area contributed by atoms with Gasteiger partial charge in [0.2, 0.25) is 0 Å². The highest BCUT2D eigenvalue weighted by molar-refractivity contribution is 9.09. The SMILES string of the molecule is Cc1cccnc1C(Br)C=O. The van der Waals surface area contributed by atoms with E-state index in [-0.39, 0.29) is 4.83 Å². The second kappa shape index (κ2) is 3.62. The third kappa shape index (κ3) is 1.87. The first kappa shape index (κ1) is 8.40. The average molecular weight is 214 g/mol. The third-order valence-electron chi connectivity index (χ3n) is 1.43. The first-order valence-corrected chi connectivity index (χ1v) is 4.18. The normalized spacial score (nSPS) is 12.5. The van der Waals surface area contributed by atoms with E-state index in [0.717, 1.165) is 17.5 Å². The number of aryl methyl sites for hydroxylation is 1. The molecule has 0 radical (unpaired) electrons. The number of pyridine rings is 1. The van der Waals surface area contributed by atoms with E-state index >= 15 is 0 Å². The largest absolute Gasteiger partial charge is 0.302 e. The van der Waals surface area contributed by atoms with Crippen LogP contribution in [0.2, 0.25) is 0 Å². The van der Waals surface area contributed by atoms with Crippen molar-refractivity contribution in [2.45, 2.75) is 11.8 Å². The van der Waals surface area contributed by atoms with Crippen molar-refractivity contribution in [3.05, 3.63) is 29.6 Å². The van der Waals surface area contributed by atoms with Crippen LogP contribution in [0, 0.1) is 6.92 Å². The fourth-order valence-electron chi connectivity index (χ4n) is 0.851. The summed E-state index contributed by atoms with van der Waals surface area (Å²) in [5, 5.41) is 0. The Balaban J connectivity index is 3.02. The van der Waals surface area contributed by atoms with E-state index in [2.05, 4.69) is 20.9 Å². The van der Waals surface area contributed by atoms with Crippen LogP contribution < -0.4 is 0 Å². The molecule has 0 saturated carbocycles. The van der Waals surface area contributed by atoms with Gasteiger partial charge in [-0.1, -0.05) is 22.0 Å². The molecule has 2 nitrogen and oxygen atoms in total. The smallest absolute Gasteiger partial charge is 0.139 e. The molecule has 1 rings (SSSR count). The minimum atomic E-state index is -0.274. The number of alkyl halides is 1. The molecule has 0 bridgehead atoms. The van der Waals surface area contributed by atoms with Gasteiger partial charge in [0.05, 0.1) is 5.69 Å². The van der Waals surface area contributed by atoms with Crippen molar-refractivity contribution in [3.63, 3.8) is 0 Å². The van der Waals surface area contributed by atoms with Crippen LogP contribution in [-0.4, -0.2) is 11.3 Å². The van der Waals surface area contributed by atoms with Gasteiger partial charge in [0.1, 0.15) is 11.1 Å². The number of halogens is 1. The van der Waals surface area contributed by atoms with Crippen molar-refractivity contribution >= 4 is 22.2 Å². The van der Waals surface area contributed by atoms with E-state index in [1.165, 1.54) is 0 Å². The molecule has 0 fully saturated rings. The van der Waals surface area contributed by atoms with E-state index in [0.29, 0.717) is 0 Å². The van der Waals surface area contributed by atoms with Crippen LogP contribution in [0.4, 0.5) is 0 Å². The summed E-state index contributed by atoms with van der Waals surface area (Å²) in [6.45, 7) is 1.93. The number of hydrogen-bond acceptors (Lipinski definition) is 2. The lowest BCUT2D eigenvalue weighted by atomic mass is 10.2. The quantitative estimate of drug-likeness (QED) is 0.556. The summed E-state index contributed by atoms with van der Waals surface area (Å²) in [5.74, 6) is 0. The van der Waals surface area contributed by atoms with Gasteiger partial charge in [-0.25, -0.2) is 0 Å². The van der Waals surface area contributed by atoms with Crippen LogP contribution in [0.25, 0.3) is 0 Å². The molecule has 0 N–H and O–H groups in total. The van der Waals surface area contributed by atoms with Gasteiger partial charge in [-0.05, 0) is 18.6 Å². The molecule has 0 aromatic carbocycles. The van der Waals surface area contributed by atoms with Gasteiger partial charge in [0, 0.05) is 6.20 Å². The molecular weight excluding hydrogens is 206 g/mol. The summed E-state index contributed by atoms with van der Waals surface area (Å²) in [6.07, 6.45) is 2.51. The van der Waals surface area contributed by atoms with E-state index in [9.17, 15) is 4.79 Å². The molecule has 0 aliphatic rings. The predicted molar refractivity (Wildman–Crippen MR) is 46.7 cm³/mol. The van der Waals surface area contributed by atoms with Crippen LogP contribution in [0.15, 0.2) is 18.3 Å². The molecule has 1 heterocycles. The molecule has 0 spiro atoms. The van der Waals surface area contributed by atoms with Crippen molar-refractivity contribution in [1.29, 1.82) is 0 Å². The molecule has 0 aliphatic heterocycles. The third-order valence-corrected chi connectivity index (χ3v) is 2.08. The lowest BCUT2D eigenvalue weighted by Crippen LogP contribution is -1.97. The maximum atomic E-state index is 10.4. The zero-order chi connectivity index (χ0) is 8.27. The highest BCUT2D eigenvalue weighted by atomic mass is 79.9. The van der Waals surface area contributed by atoms with Crippen LogP contribution in [0.5, 0.6) is 0 Å². The van der Waals surface area contributed by atoms with Gasteiger partial charge in [0.25, 0.3) is 0 Å². The number of hydrogen-bond donors (Lipinski definition) is 0. The first-order valence-electron chi connectivity index (χ1n) is 3.26. The van der Waals surface area contributed by atoms with E-state index < -0.39 is 0 Å². The molecule has 1 unspecified atom stereocenters. The maximum Gasteiger partial charge on any atom is 0.139 e. The van der Waals surface area contributed by atoms with Crippen molar-refractivity contribution in [2.24, 2.45) is 0 Å². The van der Waals surface area contributed by atoms with Gasteiger partial charge in [0.15, 0.2) is 0 Å². The molecule has 58 valence electrons. The van der Waals surface area contributed by atoms with E-state index in [1.54, 1.807) is 6.20 Å². The predicted octanol–water partition coefficient (Wildman–Crippen LogP) is 2.02. The molecule has 1 aromatic rings. The lowest BCUT2D eigenvalue weighted by Gasteiger charge is -2.03. The standard InChI is InChI=1S/C8H8BrNO/c1-6-3-2-4-10-8(6)7(9)5-11/h2-5,7H,1H3. The Kier molecular flexibility index (Phi) is 2.76. The zero-order valence-corrected chi connectivity index (χ0v) is 7.71. The Labute approximate surface area is 73.8 Å². The molecule has 0 saturated heterocycles. The molecule has 3 heteroatoms. The van der Waals surface area contributed by atoms with Crippen LogP contribution in [0.1, 0.15) is 16.1 Å². The lowest BCUT2D eigenvalue weighted by molar-refractivity contribution is -0.107. The number of rotatable bonds is 2. The van der Waals surface area contributed by atoms with Crippen LogP contribution in [0.3, 0.4) is 0 Å². The average Bonchev–Trinajstić information content (AvgIpc) is 2.04. The van der Waals surface area contributed by atoms with Crippen molar-refractivity contribution in [2.75, 3.05) is 0 Å². The van der Waals surface area contributed by atoms with Crippen molar-refractivity contribution in [1.82, 2.24) is 4.98 Å². The molecule has 1 aromatic heterocycles. The number of aldehydes is 1. The second-order valence-corrected chi connectivity index (χ2v) is 3.23. The first-order chi connectivity index (χ1) is 5.25. The Bertz CT molecular complexity index is 262. The van der Waals surface area contributed by atoms with Crippen LogP contribution in [-0.2, 0) is 4.79 Å². The molecule has 1 atom stereocenters. The fraction of sp³-hybridized carbons (Fsp3) is 0.250. The maximum absolute atomic E-state index is 10.4. The Morgan fingerprint density at radius 1 is 1.73 bits per heavy atom. The summed E-state index contributed by atoms with van der Waals surface area (Å²) < 4.78 is 0. The topological polar surface area (TPSA) is 30.0 Å². The van der Waals surface area contributed by atoms with E-state index in [4.69, 9.17) is 0 Å². The Morgan fingerprint density at radius 2 is 2.45 bits per heavy atom. The summed E-state index contributed by atoms with van der Waals surface area (Å²) >= 11 is 3.21. The minimum absolute atomic E-state index is 0.274. The van der Waals surface area contributed by atoms with Gasteiger partial charge in [-0.2, -0.15) is 0 Å². The fourth-order valence-corrected chi connectivity index (χ4v) is 1.33. The molecule has 11 heavy (non-hydrogen) atoms.